The summed E-state index contributed by atoms with van der Waals surface area (Å²) < 4.78 is 26.9. The van der Waals surface area contributed by atoms with E-state index in [-0.39, 0.29) is 92.8 Å². The number of carbonyl (C=O) groups is 6. The number of ether oxygens (including phenoxy) is 4. The normalized spacial score (nSPS) is 22.0. The van der Waals surface area contributed by atoms with Crippen molar-refractivity contribution < 1.29 is 52.8 Å². The number of anilines is 2. The second-order valence-electron chi connectivity index (χ2n) is 23.5. The zero-order valence-corrected chi connectivity index (χ0v) is 47.9. The lowest BCUT2D eigenvalue weighted by molar-refractivity contribution is -0.247. The van der Waals surface area contributed by atoms with E-state index >= 15 is 0 Å². The number of nitrogens with zero attached hydrogens (tertiary/aromatic N) is 7. The predicted octanol–water partition coefficient (Wildman–Crippen LogP) is 7.94. The summed E-state index contributed by atoms with van der Waals surface area (Å²) in [6.45, 7) is 9.45. The number of nitrogens with one attached hydrogen (secondary N) is 3. The van der Waals surface area contributed by atoms with Gasteiger partial charge in [0.2, 0.25) is 5.91 Å². The Kier molecular flexibility index (Phi) is 16.1. The molecule has 3 aromatic carbocycles. The van der Waals surface area contributed by atoms with Crippen LogP contribution in [0.5, 0.6) is 5.75 Å². The summed E-state index contributed by atoms with van der Waals surface area (Å²) in [6, 6.07) is 25.0. The molecule has 2 atom stereocenters. The lowest BCUT2D eigenvalue weighted by Gasteiger charge is -2.69. The highest BCUT2D eigenvalue weighted by Gasteiger charge is 2.66. The van der Waals surface area contributed by atoms with E-state index in [4.69, 9.17) is 29.0 Å². The average molecular weight is 1160 g/mol. The van der Waals surface area contributed by atoms with Crippen LogP contribution < -0.4 is 25.6 Å². The minimum atomic E-state index is -1.18. The predicted molar refractivity (Wildman–Crippen MR) is 309 cm³/mol. The fourth-order valence-electron chi connectivity index (χ4n) is 14.5. The number of carboxylic acid groups (broad SMARTS) is 1. The quantitative estimate of drug-likeness (QED) is 0.0350. The number of imide groups is 1. The molecule has 4 aliphatic carbocycles. The summed E-state index contributed by atoms with van der Waals surface area (Å²) in [6.07, 6.45) is 9.68. The molecule has 4 N–H and O–H groups in total. The second kappa shape index (κ2) is 23.6. The van der Waals surface area contributed by atoms with Gasteiger partial charge in [-0.25, -0.2) is 19.6 Å². The number of alkyl carbamates (subject to hydrolysis) is 1. The van der Waals surface area contributed by atoms with E-state index in [1.165, 1.54) is 23.5 Å². The molecule has 2 unspecified atom stereocenters. The third-order valence-electron chi connectivity index (χ3n) is 16.8. The number of aromatic nitrogens is 4. The van der Waals surface area contributed by atoms with E-state index in [0.717, 1.165) is 64.9 Å². The number of hydrogen-bond acceptors (Lipinski definition) is 16. The van der Waals surface area contributed by atoms with Crippen molar-refractivity contribution >= 4 is 68.2 Å². The van der Waals surface area contributed by atoms with Crippen molar-refractivity contribution in [2.75, 3.05) is 62.8 Å². The van der Waals surface area contributed by atoms with Crippen LogP contribution in [-0.2, 0) is 54.7 Å². The third kappa shape index (κ3) is 12.3. The molecule has 4 fully saturated rings. The lowest BCUT2D eigenvalue weighted by Crippen LogP contribution is -2.64. The fourth-order valence-corrected chi connectivity index (χ4v) is 15.3. The van der Waals surface area contributed by atoms with Crippen LogP contribution in [0, 0.1) is 40.6 Å². The molecule has 1 radical (unpaired) electrons. The van der Waals surface area contributed by atoms with Gasteiger partial charge in [0, 0.05) is 85.8 Å². The molecule has 6 aromatic rings. The number of nitriles is 1. The number of carbonyl (C=O) groups excluding carboxylic acids is 5. The number of fused-ring (bicyclic) bond motifs is 2. The molecule has 4 saturated carbocycles. The van der Waals surface area contributed by atoms with Crippen LogP contribution in [0.1, 0.15) is 108 Å². The van der Waals surface area contributed by atoms with Crippen molar-refractivity contribution in [1.29, 1.82) is 5.26 Å². The zero-order valence-electron chi connectivity index (χ0n) is 47.1. The Morgan fingerprint density at radius 2 is 1.65 bits per heavy atom. The van der Waals surface area contributed by atoms with Crippen LogP contribution in [0.2, 0.25) is 0 Å². The van der Waals surface area contributed by atoms with Gasteiger partial charge >= 0.3 is 12.1 Å². The number of carboxylic acids is 1. The molecule has 435 valence electrons. The average Bonchev–Trinajstić information content (AvgIpc) is 1.04. The van der Waals surface area contributed by atoms with Crippen molar-refractivity contribution in [3.8, 4) is 22.9 Å². The number of amides is 5. The van der Waals surface area contributed by atoms with E-state index < -0.39 is 29.5 Å². The van der Waals surface area contributed by atoms with E-state index in [2.05, 4.69) is 46.9 Å². The first-order valence-electron chi connectivity index (χ1n) is 28.2. The van der Waals surface area contributed by atoms with Crippen molar-refractivity contribution in [2.45, 2.75) is 97.4 Å². The molecular formula is C62H65N10O11S. The van der Waals surface area contributed by atoms with Crippen LogP contribution in [-0.4, -0.2) is 124 Å². The van der Waals surface area contributed by atoms with Crippen LogP contribution >= 0.6 is 11.3 Å². The Labute approximate surface area is 489 Å². The number of aromatic carboxylic acids is 1. The maximum absolute atomic E-state index is 13.9. The molecule has 3 aromatic heterocycles. The lowest BCUT2D eigenvalue weighted by atomic mass is 9.39. The summed E-state index contributed by atoms with van der Waals surface area (Å²) in [5.41, 5.74) is 5.15. The van der Waals surface area contributed by atoms with Gasteiger partial charge in [0.05, 0.1) is 53.5 Å². The molecule has 21 nitrogen and oxygen atoms in total. The number of benzene rings is 3. The Morgan fingerprint density at radius 3 is 2.43 bits per heavy atom. The van der Waals surface area contributed by atoms with Crippen LogP contribution in [0.3, 0.4) is 0 Å². The standard InChI is InChI=1S/C62H65N10O11S/c1-39-45(43-14-15-50(68-54(43)56(77)78)70-22-18-42-40(28-63)12-13-44(46(42)30-70)55(76)69-57-67-47-9-5-7-11-49(47)84-57)29-66-72(39)38-61-33-59(2)32-60(3,34-61)36-62(35-59,37-61)83-25-21-65-58(79)82-31-41-8-4-6-10-48(41)81-27-26-80-24-20-64-51(73)19-23-71-52(74)16-17-53(71)75/h4-5,7-17,29H,18-27,30-38H2,1-3H3,(H,64,73)(H,65,79)(H,77,78)(H,67,69,76). The molecule has 5 amide bonds. The van der Waals surface area contributed by atoms with Gasteiger partial charge in [0.15, 0.2) is 10.8 Å². The molecule has 12 rings (SSSR count). The first-order chi connectivity index (χ1) is 40.4. The van der Waals surface area contributed by atoms with E-state index in [1.54, 1.807) is 42.6 Å². The molecule has 2 aliphatic heterocycles. The number of para-hydroxylation sites is 1. The number of pyridine rings is 1. The number of thiazole rings is 1. The molecule has 4 bridgehead atoms. The second-order valence-corrected chi connectivity index (χ2v) is 24.5. The van der Waals surface area contributed by atoms with Gasteiger partial charge in [-0.15, -0.1) is 0 Å². The smallest absolute Gasteiger partial charge is 0.407 e. The third-order valence-corrected chi connectivity index (χ3v) is 17.7. The number of hydrogen-bond donors (Lipinski definition) is 4. The SMILES string of the molecule is Cc1c(-c2ccc(N3CCc4c(C#N)ccc(C(=O)Nc5nc6ccccc6s5)c4C3)nc2C(=O)O)cnn1CC12CC3(C)CC(C)(C1)CC(OCCNC(=O)OCc1cc[c]cc1OCCOCCNC(=O)CCN1C(=O)C=CC1=O)(C3)C2. The van der Waals surface area contributed by atoms with Gasteiger partial charge in [0.25, 0.3) is 17.7 Å². The number of rotatable bonds is 23. The van der Waals surface area contributed by atoms with E-state index in [1.807, 2.05) is 46.8 Å². The summed E-state index contributed by atoms with van der Waals surface area (Å²) >= 11 is 1.38. The maximum Gasteiger partial charge on any atom is 0.407 e. The minimum absolute atomic E-state index is 0.00494. The van der Waals surface area contributed by atoms with Crippen molar-refractivity contribution in [3.05, 3.63) is 130 Å². The largest absolute Gasteiger partial charge is 0.491 e. The molecule has 84 heavy (non-hydrogen) atoms. The summed E-state index contributed by atoms with van der Waals surface area (Å²) in [7, 11) is 0. The molecule has 0 spiro atoms. The van der Waals surface area contributed by atoms with Crippen LogP contribution in [0.15, 0.2) is 85.1 Å². The Hall–Kier alpha value is -8.52. The topological polar surface area (TPSA) is 270 Å². The highest BCUT2D eigenvalue weighted by Crippen LogP contribution is 2.72. The first kappa shape index (κ1) is 57.3. The Bertz CT molecular complexity index is 3590. The zero-order chi connectivity index (χ0) is 58.8. The first-order valence-corrected chi connectivity index (χ1v) is 29.0. The van der Waals surface area contributed by atoms with E-state index in [9.17, 15) is 39.1 Å². The van der Waals surface area contributed by atoms with Crippen molar-refractivity contribution in [1.82, 2.24) is 35.3 Å². The Morgan fingerprint density at radius 1 is 0.869 bits per heavy atom. The summed E-state index contributed by atoms with van der Waals surface area (Å²) in [4.78, 5) is 87.8. The Balaban J connectivity index is 0.676. The minimum Gasteiger partial charge on any atom is -0.491 e. The fraction of sp³-hybridized carbons (Fsp3) is 0.419. The van der Waals surface area contributed by atoms with Crippen LogP contribution in [0.4, 0.5) is 15.7 Å². The van der Waals surface area contributed by atoms with Gasteiger partial charge in [-0.3, -0.25) is 34.1 Å². The van der Waals surface area contributed by atoms with E-state index in [0.29, 0.717) is 76.2 Å². The van der Waals surface area contributed by atoms with Gasteiger partial charge < -0.3 is 39.6 Å². The van der Waals surface area contributed by atoms with Gasteiger partial charge in [-0.1, -0.05) is 49.4 Å². The highest BCUT2D eigenvalue weighted by molar-refractivity contribution is 7.22. The monoisotopic (exact) mass is 1160 g/mol. The summed E-state index contributed by atoms with van der Waals surface area (Å²) in [5.74, 6) is -1.76. The molecule has 0 saturated heterocycles. The maximum atomic E-state index is 13.9. The van der Waals surface area contributed by atoms with Crippen molar-refractivity contribution in [3.63, 3.8) is 0 Å². The molecule has 6 aliphatic rings. The van der Waals surface area contributed by atoms with Crippen LogP contribution in [0.25, 0.3) is 21.3 Å². The molecule has 5 heterocycles. The van der Waals surface area contributed by atoms with Gasteiger partial charge in [-0.2, -0.15) is 10.4 Å². The summed E-state index contributed by atoms with van der Waals surface area (Å²) in [5, 5.41) is 34.6. The molecular weight excluding hydrogens is 1090 g/mol. The van der Waals surface area contributed by atoms with Crippen molar-refractivity contribution in [2.24, 2.45) is 16.2 Å². The van der Waals surface area contributed by atoms with Gasteiger partial charge in [-0.05, 0) is 128 Å². The van der Waals surface area contributed by atoms with Gasteiger partial charge in [0.1, 0.15) is 24.8 Å². The highest BCUT2D eigenvalue weighted by atomic mass is 32.1. The molecule has 22 heteroatoms.